The minimum Gasteiger partial charge on any atom is -0.338 e. The van der Waals surface area contributed by atoms with Crippen molar-refractivity contribution in [3.8, 4) is 11.5 Å². The minimum atomic E-state index is -4.20. The topological polar surface area (TPSA) is 57.7 Å². The van der Waals surface area contributed by atoms with Crippen LogP contribution in [0.1, 0.15) is 31.1 Å². The molecule has 3 rings (SSSR count). The third-order valence-corrected chi connectivity index (χ3v) is 3.71. The first kappa shape index (κ1) is 15.0. The summed E-state index contributed by atoms with van der Waals surface area (Å²) >= 11 is 0. The number of alkyl halides is 3. The summed E-state index contributed by atoms with van der Waals surface area (Å²) in [6.07, 6.45) is 2.94. The molecule has 1 aliphatic rings. The van der Waals surface area contributed by atoms with E-state index in [0.29, 0.717) is 30.3 Å². The van der Waals surface area contributed by atoms with Gasteiger partial charge in [-0.2, -0.15) is 13.2 Å². The summed E-state index contributed by atoms with van der Waals surface area (Å²) in [5, 5.41) is 0. The molecule has 8 heteroatoms. The van der Waals surface area contributed by atoms with Crippen LogP contribution in [-0.4, -0.2) is 44.1 Å². The summed E-state index contributed by atoms with van der Waals surface area (Å²) in [7, 11) is 0. The fraction of sp³-hybridized carbons (Fsp3) is 0.500. The van der Waals surface area contributed by atoms with Crippen molar-refractivity contribution in [2.24, 2.45) is 0 Å². The molecule has 0 saturated carbocycles. The van der Waals surface area contributed by atoms with Crippen LogP contribution in [0.4, 0.5) is 13.2 Å². The van der Waals surface area contributed by atoms with Crippen LogP contribution in [-0.2, 0) is 0 Å². The number of imidazole rings is 1. The zero-order valence-corrected chi connectivity index (χ0v) is 11.8. The minimum absolute atomic E-state index is 0.340. The first-order valence-electron chi connectivity index (χ1n) is 7.16. The standard InChI is InChI=1S/C14H16F3N5/c15-14(16,17)9-22-7-2-1-4-11(22)13-20-8-10(21-13)12-18-5-3-6-19-12/h3,5-6,8,11H,1-2,4,7,9H2,(H,20,21). The molecule has 0 bridgehead atoms. The van der Waals surface area contributed by atoms with Crippen LogP contribution in [0.2, 0.25) is 0 Å². The summed E-state index contributed by atoms with van der Waals surface area (Å²) < 4.78 is 38.1. The molecule has 1 fully saturated rings. The van der Waals surface area contributed by atoms with Gasteiger partial charge in [-0.3, -0.25) is 4.90 Å². The van der Waals surface area contributed by atoms with Crippen molar-refractivity contribution in [1.29, 1.82) is 0 Å². The van der Waals surface area contributed by atoms with Gasteiger partial charge in [-0.05, 0) is 25.5 Å². The monoisotopic (exact) mass is 311 g/mol. The molecule has 5 nitrogen and oxygen atoms in total. The van der Waals surface area contributed by atoms with Crippen molar-refractivity contribution in [3.63, 3.8) is 0 Å². The molecule has 1 N–H and O–H groups in total. The van der Waals surface area contributed by atoms with Crippen molar-refractivity contribution in [3.05, 3.63) is 30.5 Å². The number of likely N-dealkylation sites (tertiary alicyclic amines) is 1. The largest absolute Gasteiger partial charge is 0.401 e. The van der Waals surface area contributed by atoms with Crippen LogP contribution < -0.4 is 0 Å². The Balaban J connectivity index is 1.81. The van der Waals surface area contributed by atoms with E-state index < -0.39 is 12.7 Å². The van der Waals surface area contributed by atoms with E-state index in [9.17, 15) is 13.2 Å². The maximum Gasteiger partial charge on any atom is 0.401 e. The summed E-state index contributed by atoms with van der Waals surface area (Å²) in [6, 6.07) is 1.36. The lowest BCUT2D eigenvalue weighted by Crippen LogP contribution is -2.40. The van der Waals surface area contributed by atoms with Crippen LogP contribution in [0.3, 0.4) is 0 Å². The molecule has 1 unspecified atom stereocenters. The molecule has 2 aromatic rings. The van der Waals surface area contributed by atoms with Crippen LogP contribution in [0.15, 0.2) is 24.7 Å². The van der Waals surface area contributed by atoms with E-state index in [4.69, 9.17) is 0 Å². The van der Waals surface area contributed by atoms with Crippen molar-refractivity contribution >= 4 is 0 Å². The first-order chi connectivity index (χ1) is 10.5. The zero-order valence-electron chi connectivity index (χ0n) is 11.8. The van der Waals surface area contributed by atoms with Gasteiger partial charge in [0.15, 0.2) is 5.82 Å². The summed E-state index contributed by atoms with van der Waals surface area (Å²) in [4.78, 5) is 17.0. The molecule has 0 amide bonds. The number of hydrogen-bond acceptors (Lipinski definition) is 4. The van der Waals surface area contributed by atoms with E-state index >= 15 is 0 Å². The van der Waals surface area contributed by atoms with Crippen LogP contribution in [0.25, 0.3) is 11.5 Å². The van der Waals surface area contributed by atoms with Gasteiger partial charge in [-0.1, -0.05) is 6.42 Å². The highest BCUT2D eigenvalue weighted by Crippen LogP contribution is 2.32. The average molecular weight is 311 g/mol. The van der Waals surface area contributed by atoms with E-state index in [2.05, 4.69) is 19.9 Å². The molecule has 22 heavy (non-hydrogen) atoms. The van der Waals surface area contributed by atoms with Gasteiger partial charge < -0.3 is 4.98 Å². The zero-order chi connectivity index (χ0) is 15.6. The summed E-state index contributed by atoms with van der Waals surface area (Å²) in [6.45, 7) is -0.475. The Morgan fingerprint density at radius 1 is 1.18 bits per heavy atom. The van der Waals surface area contributed by atoms with Gasteiger partial charge in [0.2, 0.25) is 0 Å². The number of nitrogens with zero attached hydrogens (tertiary/aromatic N) is 4. The quantitative estimate of drug-likeness (QED) is 0.947. The fourth-order valence-electron chi connectivity index (χ4n) is 2.78. The Morgan fingerprint density at radius 2 is 1.95 bits per heavy atom. The third kappa shape index (κ3) is 3.44. The molecule has 3 heterocycles. The van der Waals surface area contributed by atoms with Gasteiger partial charge in [0.25, 0.3) is 0 Å². The predicted octanol–water partition coefficient (Wildman–Crippen LogP) is 2.96. The highest BCUT2D eigenvalue weighted by molar-refractivity contribution is 5.47. The molecule has 0 aliphatic carbocycles. The number of H-pyrrole nitrogens is 1. The summed E-state index contributed by atoms with van der Waals surface area (Å²) in [5.41, 5.74) is 0.619. The molecule has 2 aromatic heterocycles. The second kappa shape index (κ2) is 6.04. The third-order valence-electron chi connectivity index (χ3n) is 3.71. The Labute approximate surface area is 125 Å². The SMILES string of the molecule is FC(F)(F)CN1CCCCC1c1ncc(-c2ncccn2)[nH]1. The lowest BCUT2D eigenvalue weighted by molar-refractivity contribution is -0.154. The number of aromatic nitrogens is 4. The summed E-state index contributed by atoms with van der Waals surface area (Å²) in [5.74, 6) is 1.03. The maximum absolute atomic E-state index is 12.7. The molecule has 1 saturated heterocycles. The van der Waals surface area contributed by atoms with Crippen molar-refractivity contribution in [2.75, 3.05) is 13.1 Å². The number of aromatic amines is 1. The molecule has 118 valence electrons. The molecule has 0 aromatic carbocycles. The lowest BCUT2D eigenvalue weighted by atomic mass is 10.0. The molecular formula is C14H16F3N5. The molecular weight excluding hydrogens is 295 g/mol. The fourth-order valence-corrected chi connectivity index (χ4v) is 2.78. The number of hydrogen-bond donors (Lipinski definition) is 1. The van der Waals surface area contributed by atoms with Gasteiger partial charge in [-0.25, -0.2) is 15.0 Å². The van der Waals surface area contributed by atoms with Gasteiger partial charge in [0, 0.05) is 12.4 Å². The van der Waals surface area contributed by atoms with Crippen molar-refractivity contribution in [2.45, 2.75) is 31.5 Å². The second-order valence-electron chi connectivity index (χ2n) is 5.35. The number of rotatable bonds is 3. The number of halogens is 3. The van der Waals surface area contributed by atoms with Crippen molar-refractivity contribution in [1.82, 2.24) is 24.8 Å². The van der Waals surface area contributed by atoms with Gasteiger partial charge in [0.05, 0.1) is 18.8 Å². The van der Waals surface area contributed by atoms with Crippen LogP contribution in [0, 0.1) is 0 Å². The van der Waals surface area contributed by atoms with Gasteiger partial charge in [0.1, 0.15) is 11.5 Å². The number of piperidine rings is 1. The van der Waals surface area contributed by atoms with Gasteiger partial charge >= 0.3 is 6.18 Å². The Hall–Kier alpha value is -1.96. The highest BCUT2D eigenvalue weighted by Gasteiger charge is 2.36. The van der Waals surface area contributed by atoms with Crippen LogP contribution in [0.5, 0.6) is 0 Å². The van der Waals surface area contributed by atoms with E-state index in [1.165, 1.54) is 4.90 Å². The maximum atomic E-state index is 12.7. The Kier molecular flexibility index (Phi) is 4.10. The average Bonchev–Trinajstić information content (AvgIpc) is 2.97. The molecule has 0 spiro atoms. The smallest absolute Gasteiger partial charge is 0.338 e. The first-order valence-corrected chi connectivity index (χ1v) is 7.16. The van der Waals surface area contributed by atoms with E-state index in [-0.39, 0.29) is 6.04 Å². The van der Waals surface area contributed by atoms with E-state index in [1.807, 2.05) is 0 Å². The van der Waals surface area contributed by atoms with Crippen molar-refractivity contribution < 1.29 is 13.2 Å². The number of nitrogens with one attached hydrogen (secondary N) is 1. The Morgan fingerprint density at radius 3 is 2.68 bits per heavy atom. The van der Waals surface area contributed by atoms with Crippen LogP contribution >= 0.6 is 0 Å². The molecule has 1 aliphatic heterocycles. The molecule has 0 radical (unpaired) electrons. The Bertz CT molecular complexity index is 610. The van der Waals surface area contributed by atoms with Gasteiger partial charge in [-0.15, -0.1) is 0 Å². The van der Waals surface area contributed by atoms with E-state index in [0.717, 1.165) is 12.8 Å². The molecule has 1 atom stereocenters. The second-order valence-corrected chi connectivity index (χ2v) is 5.35. The highest BCUT2D eigenvalue weighted by atomic mass is 19.4. The predicted molar refractivity (Wildman–Crippen MR) is 73.8 cm³/mol. The van der Waals surface area contributed by atoms with E-state index in [1.54, 1.807) is 24.7 Å². The normalized spacial score (nSPS) is 20.2. The lowest BCUT2D eigenvalue weighted by Gasteiger charge is -2.34.